The van der Waals surface area contributed by atoms with Gasteiger partial charge in [-0.15, -0.1) is 0 Å². The fourth-order valence-corrected chi connectivity index (χ4v) is 15.6. The van der Waals surface area contributed by atoms with Crippen LogP contribution in [0, 0.1) is 11.8 Å². The first-order valence-corrected chi connectivity index (χ1v) is 34.2. The Morgan fingerprint density at radius 3 is 1.04 bits per heavy atom. The molecule has 0 aromatic heterocycles. The van der Waals surface area contributed by atoms with Gasteiger partial charge in [0, 0.05) is 116 Å². The number of likely N-dealkylation sites (tertiary alicyclic amines) is 2. The van der Waals surface area contributed by atoms with Crippen LogP contribution in [-0.2, 0) is 125 Å². The lowest BCUT2D eigenvalue weighted by Crippen LogP contribution is -2.63. The lowest BCUT2D eigenvalue weighted by Gasteiger charge is -2.45. The Kier molecular flexibility index (Phi) is 24.7. The summed E-state index contributed by atoms with van der Waals surface area (Å²) in [7, 11) is 3.52. The minimum Gasteiger partial charge on any atom is -0.491 e. The highest BCUT2D eigenvalue weighted by molar-refractivity contribution is 6.11. The Hall–Kier alpha value is -9.72. The van der Waals surface area contributed by atoms with Gasteiger partial charge in [0.15, 0.2) is 36.6 Å². The number of hydrogen-bond acceptors (Lipinski definition) is 28. The van der Waals surface area contributed by atoms with E-state index in [2.05, 4.69) is 10.6 Å². The molecule has 0 unspecified atom stereocenters. The van der Waals surface area contributed by atoms with Crippen molar-refractivity contribution >= 4 is 82.5 Å². The first-order chi connectivity index (χ1) is 49.6. The normalized spacial score (nSPS) is 28.2. The molecule has 4 aromatic rings. The van der Waals surface area contributed by atoms with Gasteiger partial charge in [0.1, 0.15) is 85.0 Å². The molecule has 558 valence electrons. The van der Waals surface area contributed by atoms with Crippen molar-refractivity contribution in [2.75, 3.05) is 90.7 Å². The summed E-state index contributed by atoms with van der Waals surface area (Å²) in [5, 5.41) is 5.94. The predicted molar refractivity (Wildman–Crippen MR) is 360 cm³/mol. The zero-order valence-electron chi connectivity index (χ0n) is 59.3. The number of rotatable bonds is 29. The highest BCUT2D eigenvalue weighted by Gasteiger charge is 2.67. The van der Waals surface area contributed by atoms with E-state index in [4.69, 9.17) is 66.3 Å². The van der Waals surface area contributed by atoms with Crippen molar-refractivity contribution < 1.29 is 124 Å². The Balaban J connectivity index is 0.750. The highest BCUT2D eigenvalue weighted by atomic mass is 16.7. The maximum Gasteiger partial charge on any atom is 0.303 e. The molecule has 6 heterocycles. The number of esters is 8. The maximum absolute atomic E-state index is 15.4. The number of ketones is 2. The van der Waals surface area contributed by atoms with Crippen molar-refractivity contribution in [3.05, 3.63) is 119 Å². The Morgan fingerprint density at radius 2 is 0.712 bits per heavy atom. The van der Waals surface area contributed by atoms with Gasteiger partial charge in [-0.05, 0) is 61.6 Å². The van der Waals surface area contributed by atoms with Gasteiger partial charge in [-0.3, -0.25) is 67.3 Å². The van der Waals surface area contributed by atoms with Crippen LogP contribution >= 0.6 is 0 Å². The number of carbonyl (C=O) groups is 12. The van der Waals surface area contributed by atoms with Gasteiger partial charge in [0.25, 0.3) is 0 Å². The molecule has 0 radical (unpaired) electrons. The monoisotopic (exact) mass is 1450 g/mol. The van der Waals surface area contributed by atoms with Gasteiger partial charge < -0.3 is 76.9 Å². The Labute approximate surface area is 599 Å². The standard InChI is InChI=1S/C74H86N4O26/c1-39(79)95-37-61-67(99-43(5)83)69(101-45(7)85)65(97-41(3)81)59(103-61)33-57(87)63-51(35-77(9)73(63)53-15-11-13-17-55(53)75-71(73)89)47-19-23-49(24-20-47)93-31-29-91-27-28-92-30-32-94-50-25-21-48(22-26-50)52-36-78(10)74(54-16-12-14-18-56(54)76-72(74)90)64(52)58(88)34-60-66(98-42(4)82)70(102-46(8)86)68(100-44(6)84)62(104-60)38-96-40(2)80/h11-26,51-52,59-70H,27-38H2,1-10H3,(H,75,89)(H,76,90)/t51-,52-,59-,60-,61+,62+,63+,64+,65-,66-,67+,68+,69+,70+,73-,74-/m0/s1. The fourth-order valence-electron chi connectivity index (χ4n) is 15.6. The molecule has 4 fully saturated rings. The van der Waals surface area contributed by atoms with E-state index >= 15 is 9.59 Å². The summed E-state index contributed by atoms with van der Waals surface area (Å²) in [5.74, 6) is -10.6. The van der Waals surface area contributed by atoms with E-state index in [1.165, 1.54) is 0 Å². The van der Waals surface area contributed by atoms with Gasteiger partial charge >= 0.3 is 47.8 Å². The number of para-hydroxylation sites is 2. The van der Waals surface area contributed by atoms with Crippen LogP contribution in [0.25, 0.3) is 0 Å². The summed E-state index contributed by atoms with van der Waals surface area (Å²) in [5.41, 5.74) is 0.518. The van der Waals surface area contributed by atoms with Crippen molar-refractivity contribution in [3.8, 4) is 11.5 Å². The van der Waals surface area contributed by atoms with Gasteiger partial charge in [-0.2, -0.15) is 0 Å². The quantitative estimate of drug-likeness (QED) is 0.0434. The zero-order chi connectivity index (χ0) is 74.9. The first kappa shape index (κ1) is 76.9. The molecule has 30 heteroatoms. The number of nitrogens with one attached hydrogen (secondary N) is 2. The molecular formula is C74H86N4O26. The second-order valence-corrected chi connectivity index (χ2v) is 26.3. The molecule has 4 aromatic carbocycles. The Morgan fingerprint density at radius 1 is 0.404 bits per heavy atom. The smallest absolute Gasteiger partial charge is 0.303 e. The molecule has 4 saturated heterocycles. The number of Topliss-reactive ketones (excluding diaryl/α,β-unsaturated/α-hetero) is 2. The Bertz CT molecular complexity index is 3640. The third-order valence-electron chi connectivity index (χ3n) is 19.4. The van der Waals surface area contributed by atoms with Crippen molar-refractivity contribution in [2.24, 2.45) is 11.8 Å². The maximum atomic E-state index is 15.4. The summed E-state index contributed by atoms with van der Waals surface area (Å²) in [6, 6.07) is 28.4. The molecule has 0 aliphatic carbocycles. The minimum atomic E-state index is -1.53. The molecule has 2 amide bonds. The molecule has 6 aliphatic rings. The second kappa shape index (κ2) is 33.4. The predicted octanol–water partition coefficient (Wildman–Crippen LogP) is 4.33. The molecule has 0 saturated carbocycles. The van der Waals surface area contributed by atoms with Crippen LogP contribution in [0.15, 0.2) is 97.1 Å². The van der Waals surface area contributed by atoms with Crippen molar-refractivity contribution in [2.45, 2.75) is 152 Å². The van der Waals surface area contributed by atoms with E-state index in [1.807, 2.05) is 34.1 Å². The lowest BCUT2D eigenvalue weighted by atomic mass is 9.70. The average molecular weight is 1450 g/mol. The van der Waals surface area contributed by atoms with Crippen LogP contribution in [0.3, 0.4) is 0 Å². The molecule has 6 aliphatic heterocycles. The minimum absolute atomic E-state index is 0.164. The molecule has 0 bridgehead atoms. The summed E-state index contributed by atoms with van der Waals surface area (Å²) < 4.78 is 80.9. The van der Waals surface area contributed by atoms with Gasteiger partial charge in [-0.25, -0.2) is 0 Å². The number of fused-ring (bicyclic) bond motifs is 4. The summed E-state index contributed by atoms with van der Waals surface area (Å²) in [6.07, 6.45) is -15.2. The number of amides is 2. The van der Waals surface area contributed by atoms with E-state index in [9.17, 15) is 47.9 Å². The highest BCUT2D eigenvalue weighted by Crippen LogP contribution is 2.58. The van der Waals surface area contributed by atoms with E-state index in [0.717, 1.165) is 55.4 Å². The lowest BCUT2D eigenvalue weighted by molar-refractivity contribution is -0.252. The fraction of sp³-hybridized carbons (Fsp3) is 0.514. The van der Waals surface area contributed by atoms with Crippen molar-refractivity contribution in [1.82, 2.24) is 9.80 Å². The van der Waals surface area contributed by atoms with Crippen molar-refractivity contribution in [3.63, 3.8) is 0 Å². The molecule has 2 spiro atoms. The number of carbonyl (C=O) groups excluding carboxylic acids is 12. The summed E-state index contributed by atoms with van der Waals surface area (Å²) in [6.45, 7) is 9.63. The average Bonchev–Trinajstić information content (AvgIpc) is 1.54. The number of benzene rings is 4. The number of nitrogens with zero attached hydrogens (tertiary/aromatic N) is 2. The second-order valence-electron chi connectivity index (χ2n) is 26.3. The van der Waals surface area contributed by atoms with Gasteiger partial charge in [0.2, 0.25) is 11.8 Å². The van der Waals surface area contributed by atoms with Crippen LogP contribution in [-0.4, -0.2) is 222 Å². The van der Waals surface area contributed by atoms with E-state index in [-0.39, 0.29) is 52.7 Å². The number of hydrogen-bond donors (Lipinski definition) is 2. The third kappa shape index (κ3) is 16.6. The van der Waals surface area contributed by atoms with Crippen LogP contribution in [0.1, 0.15) is 102 Å². The number of anilines is 2. The number of likely N-dealkylation sites (N-methyl/N-ethyl adjacent to an activating group) is 2. The van der Waals surface area contributed by atoms with E-state index in [1.54, 1.807) is 86.9 Å². The number of ether oxygens (including phenoxy) is 14. The topological polar surface area (TPSA) is 365 Å². The van der Waals surface area contributed by atoms with Crippen LogP contribution in [0.5, 0.6) is 11.5 Å². The molecule has 2 N–H and O–H groups in total. The van der Waals surface area contributed by atoms with Gasteiger partial charge in [0.05, 0.1) is 38.3 Å². The summed E-state index contributed by atoms with van der Waals surface area (Å²) in [4.78, 5) is 163. The van der Waals surface area contributed by atoms with Crippen LogP contribution in [0.4, 0.5) is 11.4 Å². The van der Waals surface area contributed by atoms with E-state index in [0.29, 0.717) is 45.1 Å². The zero-order valence-corrected chi connectivity index (χ0v) is 59.3. The third-order valence-corrected chi connectivity index (χ3v) is 19.4. The molecule has 104 heavy (non-hydrogen) atoms. The van der Waals surface area contributed by atoms with Crippen LogP contribution in [0.2, 0.25) is 0 Å². The van der Waals surface area contributed by atoms with E-state index < -0.39 is 193 Å². The molecular weight excluding hydrogens is 1360 g/mol. The molecule has 10 rings (SSSR count). The SMILES string of the molecule is CC(=O)OC[C@H]1O[C@@H](CC(=O)[C@H]2[C@H](c3ccc(OCCOCCOCCOc4ccc([C@@H]5CN(C)[C@]6(C(=O)Nc7ccccc76)[C@H]5C(=O)C[C@@H]5O[C@H](COC(C)=O)[C@@H](OC(C)=O)[C@H](OC(C)=O)[C@H]5OC(C)=O)cc4)cc3)CN(C)[C@]23C(=O)Nc2ccccc23)[C@H](OC(C)=O)[C@@H](OC(C)=O)[C@@H]1OC(C)=O. The van der Waals surface area contributed by atoms with Crippen LogP contribution < -0.4 is 20.1 Å². The molecule has 30 nitrogen and oxygen atoms in total. The summed E-state index contributed by atoms with van der Waals surface area (Å²) >= 11 is 0. The van der Waals surface area contributed by atoms with Gasteiger partial charge in [-0.1, -0.05) is 60.7 Å². The largest absolute Gasteiger partial charge is 0.491 e. The first-order valence-electron chi connectivity index (χ1n) is 34.2. The van der Waals surface area contributed by atoms with Crippen molar-refractivity contribution in [1.29, 1.82) is 0 Å². The molecule has 16 atom stereocenters.